The summed E-state index contributed by atoms with van der Waals surface area (Å²) in [6, 6.07) is 0. The van der Waals surface area contributed by atoms with Gasteiger partial charge in [-0.15, -0.1) is 0 Å². The second-order valence-electron chi connectivity index (χ2n) is 4.85. The summed E-state index contributed by atoms with van der Waals surface area (Å²) in [5, 5.41) is 0. The van der Waals surface area contributed by atoms with Crippen molar-refractivity contribution in [1.29, 1.82) is 0 Å². The predicted molar refractivity (Wildman–Crippen MR) is 65.4 cm³/mol. The molecule has 0 aromatic heterocycles. The number of rotatable bonds is 8. The zero-order valence-electron chi connectivity index (χ0n) is 11.0. The Bertz CT molecular complexity index is 127. The molecule has 0 saturated heterocycles. The molecule has 1 atom stereocenters. The first-order chi connectivity index (χ1) is 6.61. The quantitative estimate of drug-likeness (QED) is 0.524. The molecule has 1 unspecified atom stereocenters. The molecule has 0 N–H and O–H groups in total. The Labute approximate surface area is 91.1 Å². The van der Waals surface area contributed by atoms with E-state index in [4.69, 9.17) is 0 Å². The van der Waals surface area contributed by atoms with E-state index in [1.54, 1.807) is 0 Å². The Morgan fingerprint density at radius 1 is 1.00 bits per heavy atom. The molecule has 0 saturated carbocycles. The molecular weight excluding hydrogens is 170 g/mol. The van der Waals surface area contributed by atoms with Crippen LogP contribution in [0.1, 0.15) is 53.4 Å². The third-order valence-corrected chi connectivity index (χ3v) is 3.77. The standard InChI is InChI=1S/C13H30N/c1-6-10-11-13(7-2)12-14(5,8-3)9-4/h13H,6-12H2,1-5H3/q+1. The van der Waals surface area contributed by atoms with Gasteiger partial charge in [0, 0.05) is 5.92 Å². The van der Waals surface area contributed by atoms with E-state index in [1.807, 2.05) is 0 Å². The lowest BCUT2D eigenvalue weighted by Gasteiger charge is -2.35. The molecule has 0 rings (SSSR count). The topological polar surface area (TPSA) is 0 Å². The molecule has 0 amide bonds. The van der Waals surface area contributed by atoms with Crippen LogP contribution in [0.15, 0.2) is 0 Å². The van der Waals surface area contributed by atoms with E-state index in [-0.39, 0.29) is 0 Å². The van der Waals surface area contributed by atoms with Gasteiger partial charge in [-0.2, -0.15) is 0 Å². The minimum atomic E-state index is 0.944. The maximum absolute atomic E-state index is 2.40. The van der Waals surface area contributed by atoms with Crippen molar-refractivity contribution in [2.45, 2.75) is 53.4 Å². The molecule has 1 heteroatoms. The summed E-state index contributed by atoms with van der Waals surface area (Å²) in [6.45, 7) is 13.2. The van der Waals surface area contributed by atoms with Gasteiger partial charge in [0.1, 0.15) is 0 Å². The first-order valence-corrected chi connectivity index (χ1v) is 6.45. The molecule has 0 aromatic carbocycles. The zero-order chi connectivity index (χ0) is 11.0. The van der Waals surface area contributed by atoms with Crippen molar-refractivity contribution in [3.63, 3.8) is 0 Å². The lowest BCUT2D eigenvalue weighted by Crippen LogP contribution is -2.46. The van der Waals surface area contributed by atoms with Crippen LogP contribution in [0.3, 0.4) is 0 Å². The van der Waals surface area contributed by atoms with Crippen LogP contribution < -0.4 is 0 Å². The fourth-order valence-electron chi connectivity index (χ4n) is 2.02. The highest BCUT2D eigenvalue weighted by Gasteiger charge is 2.21. The van der Waals surface area contributed by atoms with E-state index in [9.17, 15) is 0 Å². The Morgan fingerprint density at radius 3 is 1.93 bits per heavy atom. The average molecular weight is 200 g/mol. The second-order valence-corrected chi connectivity index (χ2v) is 4.85. The van der Waals surface area contributed by atoms with Gasteiger partial charge in [0.25, 0.3) is 0 Å². The van der Waals surface area contributed by atoms with Gasteiger partial charge in [-0.25, -0.2) is 0 Å². The van der Waals surface area contributed by atoms with Gasteiger partial charge in [-0.3, -0.25) is 0 Å². The fraction of sp³-hybridized carbons (Fsp3) is 1.00. The molecule has 0 spiro atoms. The van der Waals surface area contributed by atoms with Gasteiger partial charge < -0.3 is 4.48 Å². The summed E-state index contributed by atoms with van der Waals surface area (Å²) >= 11 is 0. The van der Waals surface area contributed by atoms with E-state index in [1.165, 1.54) is 49.8 Å². The van der Waals surface area contributed by atoms with Gasteiger partial charge in [0.15, 0.2) is 0 Å². The molecule has 1 nitrogen and oxygen atoms in total. The molecular formula is C13H30N+. The first-order valence-electron chi connectivity index (χ1n) is 6.45. The summed E-state index contributed by atoms with van der Waals surface area (Å²) in [5.74, 6) is 0.944. The Kier molecular flexibility index (Phi) is 7.26. The Hall–Kier alpha value is -0.0400. The van der Waals surface area contributed by atoms with Crippen LogP contribution in [-0.4, -0.2) is 31.2 Å². The number of nitrogens with zero attached hydrogens (tertiary/aromatic N) is 1. The molecule has 0 bridgehead atoms. The molecule has 0 fully saturated rings. The van der Waals surface area contributed by atoms with Crippen LogP contribution in [0, 0.1) is 5.92 Å². The number of hydrogen-bond acceptors (Lipinski definition) is 0. The molecule has 0 heterocycles. The van der Waals surface area contributed by atoms with E-state index in [0.29, 0.717) is 0 Å². The van der Waals surface area contributed by atoms with Crippen molar-refractivity contribution in [2.75, 3.05) is 26.7 Å². The van der Waals surface area contributed by atoms with Crippen LogP contribution in [0.4, 0.5) is 0 Å². The van der Waals surface area contributed by atoms with Gasteiger partial charge >= 0.3 is 0 Å². The van der Waals surface area contributed by atoms with Gasteiger partial charge in [0.2, 0.25) is 0 Å². The molecule has 86 valence electrons. The highest BCUT2D eigenvalue weighted by atomic mass is 15.3. The molecule has 0 radical (unpaired) electrons. The summed E-state index contributed by atoms with van der Waals surface area (Å²) < 4.78 is 1.25. The lowest BCUT2D eigenvalue weighted by molar-refractivity contribution is -0.909. The largest absolute Gasteiger partial charge is 0.326 e. The third-order valence-electron chi connectivity index (χ3n) is 3.77. The van der Waals surface area contributed by atoms with Crippen molar-refractivity contribution < 1.29 is 4.48 Å². The fourth-order valence-corrected chi connectivity index (χ4v) is 2.02. The molecule has 0 aliphatic rings. The maximum Gasteiger partial charge on any atom is 0.0812 e. The summed E-state index contributed by atoms with van der Waals surface area (Å²) in [5.41, 5.74) is 0. The molecule has 14 heavy (non-hydrogen) atoms. The second kappa shape index (κ2) is 7.28. The highest BCUT2D eigenvalue weighted by Crippen LogP contribution is 2.17. The monoisotopic (exact) mass is 200 g/mol. The number of hydrogen-bond donors (Lipinski definition) is 0. The Balaban J connectivity index is 4.00. The van der Waals surface area contributed by atoms with Crippen LogP contribution in [0.5, 0.6) is 0 Å². The van der Waals surface area contributed by atoms with Crippen molar-refractivity contribution in [2.24, 2.45) is 5.92 Å². The van der Waals surface area contributed by atoms with Gasteiger partial charge in [-0.05, 0) is 26.7 Å². The van der Waals surface area contributed by atoms with E-state index < -0.39 is 0 Å². The minimum absolute atomic E-state index is 0.944. The SMILES string of the molecule is CCCCC(CC)C[N+](C)(CC)CC. The minimum Gasteiger partial charge on any atom is -0.326 e. The van der Waals surface area contributed by atoms with Crippen LogP contribution in [0.25, 0.3) is 0 Å². The number of quaternary nitrogens is 1. The maximum atomic E-state index is 2.40. The molecule has 0 aliphatic carbocycles. The van der Waals surface area contributed by atoms with Crippen molar-refractivity contribution in [3.8, 4) is 0 Å². The smallest absolute Gasteiger partial charge is 0.0812 e. The van der Waals surface area contributed by atoms with Crippen molar-refractivity contribution in [1.82, 2.24) is 0 Å². The van der Waals surface area contributed by atoms with Crippen molar-refractivity contribution >= 4 is 0 Å². The first kappa shape index (κ1) is 14.0. The lowest BCUT2D eigenvalue weighted by atomic mass is 9.98. The summed E-state index contributed by atoms with van der Waals surface area (Å²) in [6.07, 6.45) is 5.54. The molecule has 0 aliphatic heterocycles. The van der Waals surface area contributed by atoms with E-state index in [0.717, 1.165) is 5.92 Å². The summed E-state index contributed by atoms with van der Waals surface area (Å²) in [4.78, 5) is 0. The predicted octanol–water partition coefficient (Wildman–Crippen LogP) is 3.69. The van der Waals surface area contributed by atoms with Crippen LogP contribution in [0.2, 0.25) is 0 Å². The zero-order valence-corrected chi connectivity index (χ0v) is 11.0. The van der Waals surface area contributed by atoms with E-state index in [2.05, 4.69) is 34.7 Å². The molecule has 0 aromatic rings. The third kappa shape index (κ3) is 4.99. The Morgan fingerprint density at radius 2 is 1.57 bits per heavy atom. The van der Waals surface area contributed by atoms with E-state index >= 15 is 0 Å². The normalized spacial score (nSPS) is 14.4. The van der Waals surface area contributed by atoms with Crippen LogP contribution >= 0.6 is 0 Å². The number of unbranched alkanes of at least 4 members (excludes halogenated alkanes) is 1. The average Bonchev–Trinajstić information content (AvgIpc) is 2.23. The highest BCUT2D eigenvalue weighted by molar-refractivity contribution is 4.56. The van der Waals surface area contributed by atoms with Crippen LogP contribution in [-0.2, 0) is 0 Å². The van der Waals surface area contributed by atoms with Crippen molar-refractivity contribution in [3.05, 3.63) is 0 Å². The summed E-state index contributed by atoms with van der Waals surface area (Å²) in [7, 11) is 2.40. The van der Waals surface area contributed by atoms with Gasteiger partial charge in [0.05, 0.1) is 26.7 Å². The van der Waals surface area contributed by atoms with Gasteiger partial charge in [-0.1, -0.05) is 26.7 Å².